The van der Waals surface area contributed by atoms with Crippen molar-refractivity contribution in [2.45, 2.75) is 13.5 Å². The highest BCUT2D eigenvalue weighted by molar-refractivity contribution is 6.31. The number of nitrogens with one attached hydrogen (secondary N) is 1. The molecule has 0 atom stereocenters. The van der Waals surface area contributed by atoms with E-state index in [-0.39, 0.29) is 28.8 Å². The Morgan fingerprint density at radius 2 is 2.00 bits per heavy atom. The van der Waals surface area contributed by atoms with Crippen molar-refractivity contribution in [2.75, 3.05) is 5.32 Å². The van der Waals surface area contributed by atoms with E-state index in [1.165, 1.54) is 24.3 Å². The summed E-state index contributed by atoms with van der Waals surface area (Å²) in [5.74, 6) is 0.580. The number of carbonyl (C=O) groups is 1. The van der Waals surface area contributed by atoms with Gasteiger partial charge in [0.05, 0.1) is 4.92 Å². The lowest BCUT2D eigenvalue weighted by Crippen LogP contribution is -2.12. The summed E-state index contributed by atoms with van der Waals surface area (Å²) in [6, 6.07) is 14.6. The Hall–Kier alpha value is -3.32. The van der Waals surface area contributed by atoms with E-state index in [1.807, 2.05) is 31.2 Å². The SMILES string of the molecule is Cc1ccccc1OCc1ccc(C(=O)Nc2ccc(Cl)cc2[N+](=O)[O-])o1. The summed E-state index contributed by atoms with van der Waals surface area (Å²) in [6.07, 6.45) is 0. The van der Waals surface area contributed by atoms with Crippen LogP contribution in [-0.2, 0) is 6.61 Å². The smallest absolute Gasteiger partial charge is 0.294 e. The summed E-state index contributed by atoms with van der Waals surface area (Å²) >= 11 is 5.76. The van der Waals surface area contributed by atoms with Gasteiger partial charge in [0, 0.05) is 11.1 Å². The summed E-state index contributed by atoms with van der Waals surface area (Å²) in [7, 11) is 0. The summed E-state index contributed by atoms with van der Waals surface area (Å²) in [4.78, 5) is 22.8. The van der Waals surface area contributed by atoms with E-state index < -0.39 is 10.8 Å². The molecule has 1 amide bonds. The molecule has 7 nitrogen and oxygen atoms in total. The zero-order valence-corrected chi connectivity index (χ0v) is 15.0. The lowest BCUT2D eigenvalue weighted by Gasteiger charge is -2.07. The fraction of sp³-hybridized carbons (Fsp3) is 0.105. The van der Waals surface area contributed by atoms with Crippen molar-refractivity contribution >= 4 is 28.9 Å². The van der Waals surface area contributed by atoms with Gasteiger partial charge in [-0.2, -0.15) is 0 Å². The zero-order chi connectivity index (χ0) is 19.4. The second-order valence-electron chi connectivity index (χ2n) is 5.69. The first kappa shape index (κ1) is 18.5. The van der Waals surface area contributed by atoms with Crippen LogP contribution in [-0.4, -0.2) is 10.8 Å². The average molecular weight is 387 g/mol. The number of nitro benzene ring substituents is 1. The van der Waals surface area contributed by atoms with Crippen molar-refractivity contribution in [3.8, 4) is 5.75 Å². The Balaban J connectivity index is 1.69. The Labute approximate surface area is 159 Å². The molecule has 0 spiro atoms. The minimum absolute atomic E-state index is 0.0163. The Kier molecular flexibility index (Phi) is 5.42. The summed E-state index contributed by atoms with van der Waals surface area (Å²) in [5.41, 5.74) is 0.714. The van der Waals surface area contributed by atoms with Crippen molar-refractivity contribution in [1.82, 2.24) is 0 Å². The van der Waals surface area contributed by atoms with Gasteiger partial charge in [0.1, 0.15) is 23.8 Å². The molecule has 8 heteroatoms. The molecule has 0 aliphatic heterocycles. The number of rotatable bonds is 6. The lowest BCUT2D eigenvalue weighted by atomic mass is 10.2. The number of hydrogen-bond donors (Lipinski definition) is 1. The summed E-state index contributed by atoms with van der Waals surface area (Å²) in [5, 5.41) is 13.8. The monoisotopic (exact) mass is 386 g/mol. The van der Waals surface area contributed by atoms with Crippen LogP contribution >= 0.6 is 11.6 Å². The van der Waals surface area contributed by atoms with Gasteiger partial charge in [-0.05, 0) is 42.8 Å². The average Bonchev–Trinajstić information content (AvgIpc) is 3.11. The highest BCUT2D eigenvalue weighted by Crippen LogP contribution is 2.28. The van der Waals surface area contributed by atoms with Crippen molar-refractivity contribution in [2.24, 2.45) is 0 Å². The van der Waals surface area contributed by atoms with Crippen LogP contribution in [0.3, 0.4) is 0 Å². The van der Waals surface area contributed by atoms with Crippen molar-refractivity contribution < 1.29 is 18.9 Å². The third kappa shape index (κ3) is 4.45. The number of para-hydroxylation sites is 1. The maximum Gasteiger partial charge on any atom is 0.294 e. The molecule has 0 fully saturated rings. The standard InChI is InChI=1S/C19H15ClN2O5/c1-12-4-2-3-5-17(12)26-11-14-7-9-18(27-14)19(23)21-15-8-6-13(20)10-16(15)22(24)25/h2-10H,11H2,1H3,(H,21,23). The second-order valence-corrected chi connectivity index (χ2v) is 6.13. The number of carbonyl (C=O) groups excluding carboxylic acids is 1. The van der Waals surface area contributed by atoms with Gasteiger partial charge in [0.2, 0.25) is 0 Å². The van der Waals surface area contributed by atoms with Crippen LogP contribution in [0.15, 0.2) is 59.0 Å². The van der Waals surface area contributed by atoms with Gasteiger partial charge in [-0.25, -0.2) is 0 Å². The molecule has 3 aromatic rings. The fourth-order valence-electron chi connectivity index (χ4n) is 2.39. The Morgan fingerprint density at radius 3 is 2.74 bits per heavy atom. The van der Waals surface area contributed by atoms with Crippen molar-refractivity contribution in [1.29, 1.82) is 0 Å². The van der Waals surface area contributed by atoms with E-state index in [2.05, 4.69) is 5.32 Å². The van der Waals surface area contributed by atoms with Gasteiger partial charge in [-0.3, -0.25) is 14.9 Å². The third-order valence-corrected chi connectivity index (χ3v) is 3.99. The Bertz CT molecular complexity index is 999. The van der Waals surface area contributed by atoms with E-state index in [4.69, 9.17) is 20.8 Å². The molecule has 0 saturated carbocycles. The van der Waals surface area contributed by atoms with Gasteiger partial charge < -0.3 is 14.5 Å². The summed E-state index contributed by atoms with van der Waals surface area (Å²) < 4.78 is 11.1. The third-order valence-electron chi connectivity index (χ3n) is 3.75. The molecule has 0 radical (unpaired) electrons. The highest BCUT2D eigenvalue weighted by Gasteiger charge is 2.19. The topological polar surface area (TPSA) is 94.6 Å². The van der Waals surface area contributed by atoms with E-state index in [1.54, 1.807) is 6.07 Å². The first-order valence-corrected chi connectivity index (χ1v) is 8.34. The van der Waals surface area contributed by atoms with Gasteiger partial charge in [-0.1, -0.05) is 29.8 Å². The molecule has 0 aliphatic rings. The zero-order valence-electron chi connectivity index (χ0n) is 14.3. The molecule has 2 aromatic carbocycles. The molecule has 0 bridgehead atoms. The predicted molar refractivity (Wildman–Crippen MR) is 100 cm³/mol. The number of nitrogens with zero attached hydrogens (tertiary/aromatic N) is 1. The lowest BCUT2D eigenvalue weighted by molar-refractivity contribution is -0.383. The maximum atomic E-state index is 12.3. The first-order valence-electron chi connectivity index (χ1n) is 7.96. The summed E-state index contributed by atoms with van der Waals surface area (Å²) in [6.45, 7) is 2.08. The molecule has 27 heavy (non-hydrogen) atoms. The van der Waals surface area contributed by atoms with Crippen LogP contribution in [0.2, 0.25) is 5.02 Å². The van der Waals surface area contributed by atoms with Crippen LogP contribution < -0.4 is 10.1 Å². The van der Waals surface area contributed by atoms with Crippen molar-refractivity contribution in [3.63, 3.8) is 0 Å². The molecule has 1 heterocycles. The number of ether oxygens (including phenoxy) is 1. The van der Waals surface area contributed by atoms with Crippen LogP contribution in [0.1, 0.15) is 21.9 Å². The minimum Gasteiger partial charge on any atom is -0.485 e. The van der Waals surface area contributed by atoms with E-state index in [0.717, 1.165) is 11.3 Å². The van der Waals surface area contributed by atoms with Gasteiger partial charge in [0.25, 0.3) is 11.6 Å². The highest BCUT2D eigenvalue weighted by atomic mass is 35.5. The van der Waals surface area contributed by atoms with Crippen LogP contribution in [0.25, 0.3) is 0 Å². The number of aryl methyl sites for hydroxylation is 1. The Morgan fingerprint density at radius 1 is 1.22 bits per heavy atom. The molecule has 0 aliphatic carbocycles. The fourth-order valence-corrected chi connectivity index (χ4v) is 2.56. The van der Waals surface area contributed by atoms with E-state index in [9.17, 15) is 14.9 Å². The first-order chi connectivity index (χ1) is 12.9. The van der Waals surface area contributed by atoms with Crippen LogP contribution in [0.4, 0.5) is 11.4 Å². The minimum atomic E-state index is -0.620. The van der Waals surface area contributed by atoms with Crippen LogP contribution in [0.5, 0.6) is 5.75 Å². The van der Waals surface area contributed by atoms with Crippen molar-refractivity contribution in [3.05, 3.63) is 86.8 Å². The number of anilines is 1. The number of nitro groups is 1. The van der Waals surface area contributed by atoms with Gasteiger partial charge in [-0.15, -0.1) is 0 Å². The number of halogens is 1. The maximum absolute atomic E-state index is 12.3. The van der Waals surface area contributed by atoms with Crippen LogP contribution in [0, 0.1) is 17.0 Å². The molecule has 1 aromatic heterocycles. The van der Waals surface area contributed by atoms with E-state index in [0.29, 0.717) is 5.76 Å². The number of furan rings is 1. The molecular weight excluding hydrogens is 372 g/mol. The number of hydrogen-bond acceptors (Lipinski definition) is 5. The number of benzene rings is 2. The number of amides is 1. The predicted octanol–water partition coefficient (Wildman–Crippen LogP) is 4.98. The van der Waals surface area contributed by atoms with Gasteiger partial charge >= 0.3 is 0 Å². The molecular formula is C19H15ClN2O5. The largest absolute Gasteiger partial charge is 0.485 e. The second kappa shape index (κ2) is 7.92. The quantitative estimate of drug-likeness (QED) is 0.476. The molecule has 138 valence electrons. The molecule has 3 rings (SSSR count). The normalized spacial score (nSPS) is 10.4. The van der Waals surface area contributed by atoms with E-state index >= 15 is 0 Å². The molecule has 1 N–H and O–H groups in total. The molecule has 0 saturated heterocycles. The van der Waals surface area contributed by atoms with Gasteiger partial charge in [0.15, 0.2) is 5.76 Å². The molecule has 0 unspecified atom stereocenters.